The topological polar surface area (TPSA) is 30.8 Å². The Kier molecular flexibility index (Phi) is 4.02. The second-order valence-corrected chi connectivity index (χ2v) is 2.97. The molecule has 0 aromatic carbocycles. The lowest BCUT2D eigenvalue weighted by Gasteiger charge is -2.07. The Labute approximate surface area is 82.4 Å². The first-order valence-corrected chi connectivity index (χ1v) is 4.29. The zero-order valence-corrected chi connectivity index (χ0v) is 7.64. The summed E-state index contributed by atoms with van der Waals surface area (Å²) in [6.07, 6.45) is 1.74. The normalized spacial score (nSPS) is 16.4. The summed E-state index contributed by atoms with van der Waals surface area (Å²) in [5, 5.41) is 0.152. The molecule has 0 aliphatic carbocycles. The first-order valence-electron chi connectivity index (χ1n) is 3.51. The third kappa shape index (κ3) is 4.93. The van der Waals surface area contributed by atoms with E-state index in [2.05, 4.69) is 14.2 Å². The summed E-state index contributed by atoms with van der Waals surface area (Å²) >= 11 is 0.888. The minimum atomic E-state index is -4.39. The van der Waals surface area contributed by atoms with Gasteiger partial charge in [-0.3, -0.25) is 0 Å². The summed E-state index contributed by atoms with van der Waals surface area (Å²) < 4.78 is 38.6. The highest BCUT2D eigenvalue weighted by Crippen LogP contribution is 2.21. The van der Waals surface area contributed by atoms with Crippen LogP contribution in [0.25, 0.3) is 0 Å². The van der Waals surface area contributed by atoms with Gasteiger partial charge in [-0.25, -0.2) is 4.40 Å². The van der Waals surface area contributed by atoms with Crippen LogP contribution >= 0.6 is 11.9 Å². The number of allylic oxidation sites excluding steroid dienone is 3. The quantitative estimate of drug-likeness (QED) is 0.420. The zero-order valence-electron chi connectivity index (χ0n) is 6.82. The molecule has 3 nitrogen and oxygen atoms in total. The number of alkyl halides is 3. The summed E-state index contributed by atoms with van der Waals surface area (Å²) in [4.78, 5) is 8.35. The summed E-state index contributed by atoms with van der Waals surface area (Å²) in [5.74, 6) is 0. The van der Waals surface area contributed by atoms with Gasteiger partial charge in [0, 0.05) is 6.21 Å². The van der Waals surface area contributed by atoms with Crippen LogP contribution in [0.4, 0.5) is 13.2 Å². The molecule has 1 aliphatic rings. The second-order valence-electron chi connectivity index (χ2n) is 2.18. The molecule has 0 bridgehead atoms. The molecule has 1 aliphatic heterocycles. The van der Waals surface area contributed by atoms with Crippen molar-refractivity contribution >= 4 is 18.2 Å². The maximum Gasteiger partial charge on any atom is 0.415 e. The van der Waals surface area contributed by atoms with Gasteiger partial charge in [-0.2, -0.15) is 18.1 Å². The molecule has 0 radical (unpaired) electrons. The van der Waals surface area contributed by atoms with E-state index in [-0.39, 0.29) is 5.09 Å². The fourth-order valence-electron chi connectivity index (χ4n) is 0.529. The maximum absolute atomic E-state index is 11.6. The van der Waals surface area contributed by atoms with E-state index < -0.39 is 12.8 Å². The first-order chi connectivity index (χ1) is 6.58. The summed E-state index contributed by atoms with van der Waals surface area (Å²) in [7, 11) is 0. The van der Waals surface area contributed by atoms with Crippen LogP contribution in [-0.4, -0.2) is 19.0 Å². The van der Waals surface area contributed by atoms with Crippen LogP contribution in [-0.2, 0) is 9.78 Å². The molecule has 0 amide bonds. The van der Waals surface area contributed by atoms with Crippen molar-refractivity contribution in [2.75, 3.05) is 6.61 Å². The number of hydrogen-bond donors (Lipinski definition) is 0. The smallest absolute Gasteiger partial charge is 0.328 e. The number of rotatable bonds is 3. The lowest BCUT2D eigenvalue weighted by atomic mass is 10.5. The van der Waals surface area contributed by atoms with Gasteiger partial charge in [0.2, 0.25) is 5.09 Å². The van der Waals surface area contributed by atoms with Crippen molar-refractivity contribution in [3.63, 3.8) is 0 Å². The Bertz CT molecular complexity index is 273. The highest BCUT2D eigenvalue weighted by atomic mass is 32.2. The maximum atomic E-state index is 11.6. The van der Waals surface area contributed by atoms with Gasteiger partial charge in [0.25, 0.3) is 0 Å². The van der Waals surface area contributed by atoms with Crippen LogP contribution in [0.3, 0.4) is 0 Å². The lowest BCUT2D eigenvalue weighted by Crippen LogP contribution is -2.16. The molecular weight excluding hydrogens is 219 g/mol. The van der Waals surface area contributed by atoms with Gasteiger partial charge >= 0.3 is 6.18 Å². The Hall–Kier alpha value is -0.950. The van der Waals surface area contributed by atoms with Gasteiger partial charge in [-0.1, -0.05) is 6.08 Å². The molecule has 0 spiro atoms. The van der Waals surface area contributed by atoms with Crippen LogP contribution in [0.15, 0.2) is 27.7 Å². The molecule has 0 saturated carbocycles. The van der Waals surface area contributed by atoms with Gasteiger partial charge < -0.3 is 4.89 Å². The molecule has 0 atom stereocenters. The third-order valence-corrected chi connectivity index (χ3v) is 1.61. The van der Waals surface area contributed by atoms with E-state index in [9.17, 15) is 13.2 Å². The molecule has 1 rings (SSSR count). The Morgan fingerprint density at radius 2 is 2.14 bits per heavy atom. The van der Waals surface area contributed by atoms with Crippen LogP contribution < -0.4 is 0 Å². The largest absolute Gasteiger partial charge is 0.415 e. The minimum absolute atomic E-state index is 0.152. The zero-order chi connectivity index (χ0) is 10.4. The van der Waals surface area contributed by atoms with Crippen LogP contribution in [0, 0.1) is 0 Å². The predicted octanol–water partition coefficient (Wildman–Crippen LogP) is 2.63. The Morgan fingerprint density at radius 1 is 1.36 bits per heavy atom. The van der Waals surface area contributed by atoms with Crippen molar-refractivity contribution in [2.24, 2.45) is 4.40 Å². The molecule has 7 heteroatoms. The molecule has 0 N–H and O–H groups in total. The SMILES string of the molecule is FC(F)(F)COOC1=CC=CC=NS1. The molecule has 0 unspecified atom stereocenters. The van der Waals surface area contributed by atoms with E-state index in [0.29, 0.717) is 0 Å². The predicted molar refractivity (Wildman–Crippen MR) is 46.4 cm³/mol. The van der Waals surface area contributed by atoms with Gasteiger partial charge in [-0.05, 0) is 12.2 Å². The number of hydrogen-bond acceptors (Lipinski definition) is 4. The molecule has 0 fully saturated rings. The van der Waals surface area contributed by atoms with Gasteiger partial charge in [-0.15, -0.1) is 0 Å². The summed E-state index contributed by atoms with van der Waals surface area (Å²) in [5.41, 5.74) is 0. The van der Waals surface area contributed by atoms with E-state index in [1.54, 1.807) is 12.2 Å². The fourth-order valence-corrected chi connectivity index (χ4v) is 0.982. The Balaban J connectivity index is 2.28. The van der Waals surface area contributed by atoms with Gasteiger partial charge in [0.15, 0.2) is 6.61 Å². The van der Waals surface area contributed by atoms with E-state index >= 15 is 0 Å². The molecule has 0 saturated heterocycles. The molecular formula is C7H6F3NO2S. The molecule has 0 aromatic rings. The van der Waals surface area contributed by atoms with Crippen molar-refractivity contribution in [1.29, 1.82) is 0 Å². The van der Waals surface area contributed by atoms with E-state index in [0.717, 1.165) is 11.9 Å². The Morgan fingerprint density at radius 3 is 2.86 bits per heavy atom. The minimum Gasteiger partial charge on any atom is -0.328 e. The van der Waals surface area contributed by atoms with Crippen molar-refractivity contribution in [3.05, 3.63) is 23.3 Å². The third-order valence-electron chi connectivity index (χ3n) is 0.997. The second kappa shape index (κ2) is 5.06. The van der Waals surface area contributed by atoms with Crippen molar-refractivity contribution in [2.45, 2.75) is 6.18 Å². The van der Waals surface area contributed by atoms with Gasteiger partial charge in [0.1, 0.15) is 0 Å². The monoisotopic (exact) mass is 225 g/mol. The lowest BCUT2D eigenvalue weighted by molar-refractivity contribution is -0.312. The van der Waals surface area contributed by atoms with Gasteiger partial charge in [0.05, 0.1) is 11.9 Å². The van der Waals surface area contributed by atoms with Crippen molar-refractivity contribution < 1.29 is 22.9 Å². The number of halogens is 3. The molecule has 0 aromatic heterocycles. The van der Waals surface area contributed by atoms with Crippen molar-refractivity contribution in [3.8, 4) is 0 Å². The molecule has 1 heterocycles. The molecule has 14 heavy (non-hydrogen) atoms. The van der Waals surface area contributed by atoms with E-state index in [4.69, 9.17) is 0 Å². The average molecular weight is 225 g/mol. The van der Waals surface area contributed by atoms with Crippen molar-refractivity contribution in [1.82, 2.24) is 0 Å². The van der Waals surface area contributed by atoms with Crippen LogP contribution in [0.1, 0.15) is 0 Å². The first kappa shape index (κ1) is 11.1. The summed E-state index contributed by atoms with van der Waals surface area (Å²) in [6, 6.07) is 0. The highest BCUT2D eigenvalue weighted by Gasteiger charge is 2.28. The van der Waals surface area contributed by atoms with E-state index in [1.807, 2.05) is 0 Å². The van der Waals surface area contributed by atoms with Crippen LogP contribution in [0.2, 0.25) is 0 Å². The number of nitrogens with zero attached hydrogens (tertiary/aromatic N) is 1. The highest BCUT2D eigenvalue weighted by molar-refractivity contribution is 8.01. The molecule has 78 valence electrons. The van der Waals surface area contributed by atoms with E-state index in [1.165, 1.54) is 12.3 Å². The average Bonchev–Trinajstić information content (AvgIpc) is 2.30. The van der Waals surface area contributed by atoms with Crippen LogP contribution in [0.5, 0.6) is 0 Å². The summed E-state index contributed by atoms with van der Waals surface area (Å²) in [6.45, 7) is -1.45. The standard InChI is InChI=1S/C7H6F3NO2S/c8-7(9,10)5-12-13-6-3-1-2-4-11-14-6/h1-4H,5H2. The fraction of sp³-hybridized carbons (Fsp3) is 0.286.